The smallest absolute Gasteiger partial charge is 0.274 e. The van der Waals surface area contributed by atoms with Gasteiger partial charge in [0.25, 0.3) is 5.56 Å². The van der Waals surface area contributed by atoms with Crippen LogP contribution >= 0.6 is 0 Å². The Hall–Kier alpha value is -4.40. The summed E-state index contributed by atoms with van der Waals surface area (Å²) in [5, 5.41) is 9.05. The topological polar surface area (TPSA) is 81.2 Å². The summed E-state index contributed by atoms with van der Waals surface area (Å²) in [6.07, 6.45) is 6.14. The largest absolute Gasteiger partial charge is 0.350 e. The van der Waals surface area contributed by atoms with E-state index < -0.39 is 0 Å². The first-order valence-corrected chi connectivity index (χ1v) is 11.8. The number of fused-ring (bicyclic) bond motifs is 2. The number of pyridine rings is 1. The molecule has 0 aliphatic carbocycles. The van der Waals surface area contributed by atoms with Gasteiger partial charge >= 0.3 is 0 Å². The fraction of sp³-hybridized carbons (Fsp3) is 0.222. The molecule has 0 bridgehead atoms. The molecule has 6 rings (SSSR count). The first-order chi connectivity index (χ1) is 17.4. The van der Waals surface area contributed by atoms with Crippen molar-refractivity contribution < 1.29 is 4.39 Å². The lowest BCUT2D eigenvalue weighted by atomic mass is 10.0. The van der Waals surface area contributed by atoms with Gasteiger partial charge in [0.1, 0.15) is 11.5 Å². The minimum atomic E-state index is -0.329. The maximum atomic E-state index is 14.2. The first kappa shape index (κ1) is 22.1. The predicted octanol–water partition coefficient (Wildman–Crippen LogP) is 3.96. The molecule has 0 atom stereocenters. The van der Waals surface area contributed by atoms with Crippen LogP contribution in [-0.2, 0) is 13.0 Å². The van der Waals surface area contributed by atoms with Crippen molar-refractivity contribution in [2.75, 3.05) is 11.4 Å². The number of hydrogen-bond donors (Lipinski definition) is 0. The van der Waals surface area contributed by atoms with Crippen molar-refractivity contribution in [3.63, 3.8) is 0 Å². The average Bonchev–Trinajstić information content (AvgIpc) is 3.36. The molecule has 0 fully saturated rings. The molecule has 180 valence electrons. The summed E-state index contributed by atoms with van der Waals surface area (Å²) >= 11 is 0. The number of benzene rings is 1. The Kier molecular flexibility index (Phi) is 5.13. The maximum Gasteiger partial charge on any atom is 0.274 e. The monoisotopic (exact) mass is 481 g/mol. The van der Waals surface area contributed by atoms with Gasteiger partial charge in [-0.25, -0.2) is 14.1 Å². The molecule has 0 radical (unpaired) electrons. The number of aromatic nitrogens is 6. The van der Waals surface area contributed by atoms with Gasteiger partial charge in [0.2, 0.25) is 0 Å². The number of nitrogens with zero attached hydrogens (tertiary/aromatic N) is 7. The Bertz CT molecular complexity index is 1710. The van der Waals surface area contributed by atoms with Crippen LogP contribution in [0, 0.1) is 26.6 Å². The summed E-state index contributed by atoms with van der Waals surface area (Å²) in [7, 11) is 0. The molecule has 0 spiro atoms. The highest BCUT2D eigenvalue weighted by atomic mass is 19.1. The van der Waals surface area contributed by atoms with E-state index in [0.29, 0.717) is 23.6 Å². The highest BCUT2D eigenvalue weighted by molar-refractivity contribution is 5.64. The summed E-state index contributed by atoms with van der Waals surface area (Å²) in [6, 6.07) is 10.2. The lowest BCUT2D eigenvalue weighted by molar-refractivity contribution is 0.611. The second-order valence-corrected chi connectivity index (χ2v) is 9.17. The zero-order chi connectivity index (χ0) is 25.0. The number of para-hydroxylation sites is 1. The van der Waals surface area contributed by atoms with Crippen LogP contribution in [0.3, 0.4) is 0 Å². The fourth-order valence-electron chi connectivity index (χ4n) is 4.74. The zero-order valence-corrected chi connectivity index (χ0v) is 20.2. The summed E-state index contributed by atoms with van der Waals surface area (Å²) in [5.41, 5.74) is 7.33. The zero-order valence-electron chi connectivity index (χ0n) is 20.2. The molecule has 1 aromatic carbocycles. The van der Waals surface area contributed by atoms with Gasteiger partial charge in [-0.2, -0.15) is 9.61 Å². The maximum absolute atomic E-state index is 14.2. The third kappa shape index (κ3) is 3.64. The van der Waals surface area contributed by atoms with E-state index in [9.17, 15) is 9.18 Å². The van der Waals surface area contributed by atoms with Gasteiger partial charge < -0.3 is 4.90 Å². The highest BCUT2D eigenvalue weighted by Gasteiger charge is 2.23. The molecule has 5 heterocycles. The van der Waals surface area contributed by atoms with Gasteiger partial charge in [-0.3, -0.25) is 9.78 Å². The average molecular weight is 482 g/mol. The molecule has 0 saturated carbocycles. The molecule has 5 aromatic rings. The van der Waals surface area contributed by atoms with Gasteiger partial charge in [0.05, 0.1) is 6.20 Å². The second-order valence-electron chi connectivity index (χ2n) is 9.17. The highest BCUT2D eigenvalue weighted by Crippen LogP contribution is 2.30. The van der Waals surface area contributed by atoms with Gasteiger partial charge in [-0.15, -0.1) is 5.10 Å². The van der Waals surface area contributed by atoms with Crippen molar-refractivity contribution in [1.82, 2.24) is 29.4 Å². The molecule has 0 unspecified atom stereocenters. The van der Waals surface area contributed by atoms with Crippen LogP contribution in [-0.4, -0.2) is 35.9 Å². The van der Waals surface area contributed by atoms with E-state index in [-0.39, 0.29) is 11.4 Å². The lowest BCUT2D eigenvalue weighted by Crippen LogP contribution is -2.34. The van der Waals surface area contributed by atoms with E-state index in [4.69, 9.17) is 10.1 Å². The minimum absolute atomic E-state index is 0.185. The van der Waals surface area contributed by atoms with Crippen molar-refractivity contribution in [2.24, 2.45) is 0 Å². The molecule has 4 aromatic heterocycles. The van der Waals surface area contributed by atoms with Crippen LogP contribution in [0.25, 0.3) is 22.5 Å². The van der Waals surface area contributed by atoms with Crippen LogP contribution in [0.2, 0.25) is 0 Å². The molecule has 1 aliphatic rings. The third-order valence-corrected chi connectivity index (χ3v) is 6.81. The van der Waals surface area contributed by atoms with Crippen molar-refractivity contribution in [2.45, 2.75) is 33.7 Å². The Morgan fingerprint density at radius 3 is 2.67 bits per heavy atom. The summed E-state index contributed by atoms with van der Waals surface area (Å²) in [5.74, 6) is 0.445. The van der Waals surface area contributed by atoms with E-state index in [1.807, 2.05) is 33.2 Å². The predicted molar refractivity (Wildman–Crippen MR) is 135 cm³/mol. The van der Waals surface area contributed by atoms with E-state index in [1.54, 1.807) is 24.4 Å². The first-order valence-electron chi connectivity index (χ1n) is 11.8. The molecular formula is C27H24FN7O. The summed E-state index contributed by atoms with van der Waals surface area (Å²) in [6.45, 7) is 7.18. The molecular weight excluding hydrogens is 457 g/mol. The van der Waals surface area contributed by atoms with E-state index in [0.717, 1.165) is 52.3 Å². The summed E-state index contributed by atoms with van der Waals surface area (Å²) < 4.78 is 17.1. The minimum Gasteiger partial charge on any atom is -0.350 e. The van der Waals surface area contributed by atoms with Crippen LogP contribution < -0.4 is 10.5 Å². The number of aryl methyl sites for hydroxylation is 2. The van der Waals surface area contributed by atoms with Crippen molar-refractivity contribution >= 4 is 11.5 Å². The number of hydrogen-bond acceptors (Lipinski definition) is 6. The van der Waals surface area contributed by atoms with Gasteiger partial charge in [0, 0.05) is 71.6 Å². The van der Waals surface area contributed by atoms with Crippen LogP contribution in [0.4, 0.5) is 10.2 Å². The molecule has 9 heteroatoms. The third-order valence-electron chi connectivity index (χ3n) is 6.81. The molecule has 0 amide bonds. The molecule has 8 nitrogen and oxygen atoms in total. The number of anilines is 1. The van der Waals surface area contributed by atoms with Gasteiger partial charge in [0.15, 0.2) is 11.5 Å². The van der Waals surface area contributed by atoms with Gasteiger partial charge in [-0.1, -0.05) is 12.1 Å². The second kappa shape index (κ2) is 8.37. The Balaban J connectivity index is 1.35. The molecule has 0 saturated heterocycles. The van der Waals surface area contributed by atoms with E-state index in [1.165, 1.54) is 21.3 Å². The van der Waals surface area contributed by atoms with Crippen LogP contribution in [0.5, 0.6) is 0 Å². The SMILES string of the molecule is Cc1cc(=O)n2nc(N3CCc4ncc(-c5cnn(-c6ccccc6F)c5)cc4C3)c(C)c(C)c2n1. The van der Waals surface area contributed by atoms with Crippen molar-refractivity contribution in [1.29, 1.82) is 0 Å². The Morgan fingerprint density at radius 2 is 1.83 bits per heavy atom. The molecule has 1 aliphatic heterocycles. The fourth-order valence-corrected chi connectivity index (χ4v) is 4.74. The van der Waals surface area contributed by atoms with Gasteiger partial charge in [-0.05, 0) is 44.5 Å². The van der Waals surface area contributed by atoms with Crippen molar-refractivity contribution in [3.8, 4) is 16.8 Å². The molecule has 0 N–H and O–H groups in total. The quantitative estimate of drug-likeness (QED) is 0.388. The molecule has 36 heavy (non-hydrogen) atoms. The Morgan fingerprint density at radius 1 is 1.00 bits per heavy atom. The standard InChI is InChI=1S/C27H24FN7O/c1-16-10-25(36)35-26(31-16)17(2)18(3)27(32-35)33-9-8-23-20(14-33)11-19(12-29-23)21-13-30-34(15-21)24-7-5-4-6-22(24)28/h4-7,10-13,15H,8-9,14H2,1-3H3. The lowest BCUT2D eigenvalue weighted by Gasteiger charge is -2.31. The summed E-state index contributed by atoms with van der Waals surface area (Å²) in [4.78, 5) is 24.1. The van der Waals surface area contributed by atoms with E-state index >= 15 is 0 Å². The number of rotatable bonds is 3. The van der Waals surface area contributed by atoms with Crippen LogP contribution in [0.15, 0.2) is 59.8 Å². The number of halogens is 1. The Labute approximate surface area is 206 Å². The van der Waals surface area contributed by atoms with Crippen LogP contribution in [0.1, 0.15) is 28.1 Å². The van der Waals surface area contributed by atoms with Crippen molar-refractivity contribution in [3.05, 3.63) is 99.2 Å². The van der Waals surface area contributed by atoms with E-state index in [2.05, 4.69) is 21.0 Å². The normalized spacial score (nSPS) is 13.3.